The molecule has 0 aromatic heterocycles. The van der Waals surface area contributed by atoms with E-state index >= 15 is 0 Å². The number of halogens is 1. The summed E-state index contributed by atoms with van der Waals surface area (Å²) in [5, 5.41) is -0.288. The minimum atomic E-state index is -0.310. The van der Waals surface area contributed by atoms with Gasteiger partial charge in [-0.05, 0) is 47.2 Å². The first-order valence-corrected chi connectivity index (χ1v) is 10.4. The lowest BCUT2D eigenvalue weighted by molar-refractivity contribution is -0.123. The average Bonchev–Trinajstić information content (AvgIpc) is 2.98. The van der Waals surface area contributed by atoms with Gasteiger partial charge in [0.2, 0.25) is 0 Å². The lowest BCUT2D eigenvalue weighted by Crippen LogP contribution is -2.27. The molecule has 29 heavy (non-hydrogen) atoms. The number of imide groups is 1. The van der Waals surface area contributed by atoms with E-state index in [9.17, 15) is 9.59 Å². The van der Waals surface area contributed by atoms with Crippen LogP contribution in [-0.4, -0.2) is 43.5 Å². The van der Waals surface area contributed by atoms with Gasteiger partial charge in [0.25, 0.3) is 11.1 Å². The van der Waals surface area contributed by atoms with Gasteiger partial charge >= 0.3 is 0 Å². The summed E-state index contributed by atoms with van der Waals surface area (Å²) in [6.07, 6.45) is 1.69. The Bertz CT molecular complexity index is 946. The average molecular weight is 478 g/mol. The number of carbonyl (C=O) groups excluding carboxylic acids is 2. The molecule has 0 aliphatic carbocycles. The molecule has 0 unspecified atom stereocenters. The van der Waals surface area contributed by atoms with Gasteiger partial charge in [0.1, 0.15) is 6.61 Å². The summed E-state index contributed by atoms with van der Waals surface area (Å²) < 4.78 is 16.8. The highest BCUT2D eigenvalue weighted by Crippen LogP contribution is 2.35. The topological polar surface area (TPSA) is 65.1 Å². The molecule has 1 fully saturated rings. The molecule has 1 saturated heterocycles. The van der Waals surface area contributed by atoms with Crippen LogP contribution in [0.4, 0.5) is 4.79 Å². The Morgan fingerprint density at radius 3 is 2.59 bits per heavy atom. The summed E-state index contributed by atoms with van der Waals surface area (Å²) in [5.74, 6) is 0.821. The van der Waals surface area contributed by atoms with Crippen molar-refractivity contribution >= 4 is 44.9 Å². The number of hydrogen-bond donors (Lipinski definition) is 0. The maximum absolute atomic E-state index is 12.8. The Hall–Kier alpha value is -2.29. The molecular formula is C21H20BrNO5S. The number of carbonyl (C=O) groups is 2. The lowest BCUT2D eigenvalue weighted by Gasteiger charge is -2.13. The predicted octanol–water partition coefficient (Wildman–Crippen LogP) is 4.72. The quantitative estimate of drug-likeness (QED) is 0.404. The van der Waals surface area contributed by atoms with E-state index < -0.39 is 0 Å². The van der Waals surface area contributed by atoms with Crippen molar-refractivity contribution in [3.63, 3.8) is 0 Å². The molecule has 152 valence electrons. The van der Waals surface area contributed by atoms with Crippen molar-refractivity contribution in [2.75, 3.05) is 27.4 Å². The van der Waals surface area contributed by atoms with Crippen molar-refractivity contribution in [3.8, 4) is 11.5 Å². The van der Waals surface area contributed by atoms with Crippen LogP contribution in [0.2, 0.25) is 0 Å². The van der Waals surface area contributed by atoms with E-state index in [0.29, 0.717) is 29.6 Å². The van der Waals surface area contributed by atoms with E-state index in [-0.39, 0.29) is 17.7 Å². The summed E-state index contributed by atoms with van der Waals surface area (Å²) in [6.45, 7) is 1.09. The van der Waals surface area contributed by atoms with Crippen LogP contribution < -0.4 is 9.47 Å². The Morgan fingerprint density at radius 2 is 1.86 bits per heavy atom. The number of ether oxygens (including phenoxy) is 3. The highest BCUT2D eigenvalue weighted by Gasteiger charge is 2.35. The van der Waals surface area contributed by atoms with E-state index in [4.69, 9.17) is 14.2 Å². The zero-order valence-electron chi connectivity index (χ0n) is 16.0. The number of nitrogens with zero attached hydrogens (tertiary/aromatic N) is 1. The van der Waals surface area contributed by atoms with Gasteiger partial charge in [-0.15, -0.1) is 0 Å². The third kappa shape index (κ3) is 5.20. The number of thioether (sulfide) groups is 1. The van der Waals surface area contributed by atoms with Gasteiger partial charge in [-0.1, -0.05) is 40.2 Å². The first kappa shape index (κ1) is 21.4. The van der Waals surface area contributed by atoms with Crippen LogP contribution in [0.1, 0.15) is 11.1 Å². The second-order valence-electron chi connectivity index (χ2n) is 6.11. The minimum Gasteiger partial charge on any atom is -0.493 e. The number of hydrogen-bond acceptors (Lipinski definition) is 6. The third-order valence-electron chi connectivity index (χ3n) is 4.19. The molecule has 0 N–H and O–H groups in total. The third-order valence-corrected chi connectivity index (χ3v) is 5.87. The van der Waals surface area contributed by atoms with Gasteiger partial charge in [0, 0.05) is 11.6 Å². The lowest BCUT2D eigenvalue weighted by atomic mass is 10.1. The first-order valence-electron chi connectivity index (χ1n) is 8.82. The van der Waals surface area contributed by atoms with Crippen molar-refractivity contribution in [3.05, 3.63) is 63.0 Å². The molecule has 0 saturated carbocycles. The number of methoxy groups -OCH3 is 2. The second kappa shape index (κ2) is 9.96. The number of rotatable bonds is 8. The van der Waals surface area contributed by atoms with E-state index in [1.54, 1.807) is 32.4 Å². The molecule has 2 aromatic carbocycles. The smallest absolute Gasteiger partial charge is 0.293 e. The minimum absolute atomic E-state index is 0.221. The SMILES string of the molecule is COCCOc1ccc(/C=C2\SC(=O)N(Cc3ccccc3Br)C2=O)cc1OC. The number of benzene rings is 2. The Kier molecular flexibility index (Phi) is 7.35. The van der Waals surface area contributed by atoms with Crippen LogP contribution in [0.5, 0.6) is 11.5 Å². The molecule has 1 aliphatic heterocycles. The largest absolute Gasteiger partial charge is 0.493 e. The van der Waals surface area contributed by atoms with Crippen LogP contribution in [0.3, 0.4) is 0 Å². The monoisotopic (exact) mass is 477 g/mol. The van der Waals surface area contributed by atoms with Gasteiger partial charge < -0.3 is 14.2 Å². The second-order valence-corrected chi connectivity index (χ2v) is 7.96. The fourth-order valence-electron chi connectivity index (χ4n) is 2.71. The van der Waals surface area contributed by atoms with E-state index in [0.717, 1.165) is 27.4 Å². The number of amides is 2. The van der Waals surface area contributed by atoms with Crippen LogP contribution in [-0.2, 0) is 16.1 Å². The summed E-state index contributed by atoms with van der Waals surface area (Å²) in [5.41, 5.74) is 1.61. The first-order chi connectivity index (χ1) is 14.0. The van der Waals surface area contributed by atoms with Gasteiger partial charge in [-0.3, -0.25) is 14.5 Å². The molecule has 0 spiro atoms. The molecule has 1 aliphatic rings. The molecular weight excluding hydrogens is 458 g/mol. The normalized spacial score (nSPS) is 15.3. The molecule has 0 bridgehead atoms. The fourth-order valence-corrected chi connectivity index (χ4v) is 3.96. The molecule has 3 rings (SSSR count). The Labute approximate surface area is 181 Å². The molecule has 0 radical (unpaired) electrons. The maximum Gasteiger partial charge on any atom is 0.293 e. The maximum atomic E-state index is 12.8. The van der Waals surface area contributed by atoms with Gasteiger partial charge in [0.15, 0.2) is 11.5 Å². The molecule has 2 amide bonds. The zero-order valence-corrected chi connectivity index (χ0v) is 18.4. The van der Waals surface area contributed by atoms with Crippen molar-refractivity contribution in [1.82, 2.24) is 4.90 Å². The molecule has 1 heterocycles. The predicted molar refractivity (Wildman–Crippen MR) is 116 cm³/mol. The van der Waals surface area contributed by atoms with Crippen molar-refractivity contribution < 1.29 is 23.8 Å². The zero-order chi connectivity index (χ0) is 20.8. The Morgan fingerprint density at radius 1 is 1.07 bits per heavy atom. The Balaban J connectivity index is 1.77. The summed E-state index contributed by atoms with van der Waals surface area (Å²) in [4.78, 5) is 26.8. The molecule has 2 aromatic rings. The van der Waals surface area contributed by atoms with Gasteiger partial charge in [0.05, 0.1) is 25.2 Å². The van der Waals surface area contributed by atoms with Crippen molar-refractivity contribution in [1.29, 1.82) is 0 Å². The van der Waals surface area contributed by atoms with Crippen LogP contribution >= 0.6 is 27.7 Å². The van der Waals surface area contributed by atoms with E-state index in [2.05, 4.69) is 15.9 Å². The van der Waals surface area contributed by atoms with Crippen LogP contribution in [0, 0.1) is 0 Å². The van der Waals surface area contributed by atoms with Crippen molar-refractivity contribution in [2.45, 2.75) is 6.54 Å². The van der Waals surface area contributed by atoms with Crippen LogP contribution in [0.25, 0.3) is 6.08 Å². The highest BCUT2D eigenvalue weighted by molar-refractivity contribution is 9.10. The van der Waals surface area contributed by atoms with E-state index in [1.807, 2.05) is 30.3 Å². The van der Waals surface area contributed by atoms with Gasteiger partial charge in [-0.2, -0.15) is 0 Å². The standard InChI is InChI=1S/C21H20BrNO5S/c1-26-9-10-28-17-8-7-14(11-18(17)27-2)12-19-20(24)23(21(25)29-19)13-15-5-3-4-6-16(15)22/h3-8,11-12H,9-10,13H2,1-2H3/b19-12-. The fraction of sp³-hybridized carbons (Fsp3) is 0.238. The summed E-state index contributed by atoms with van der Waals surface area (Å²) >= 11 is 4.38. The molecule has 0 atom stereocenters. The summed E-state index contributed by atoms with van der Waals surface area (Å²) in [6, 6.07) is 12.9. The van der Waals surface area contributed by atoms with Crippen molar-refractivity contribution in [2.24, 2.45) is 0 Å². The van der Waals surface area contributed by atoms with Crippen LogP contribution in [0.15, 0.2) is 51.8 Å². The summed E-state index contributed by atoms with van der Waals surface area (Å²) in [7, 11) is 3.15. The molecule has 8 heteroatoms. The molecule has 6 nitrogen and oxygen atoms in total. The van der Waals surface area contributed by atoms with E-state index in [1.165, 1.54) is 4.90 Å². The van der Waals surface area contributed by atoms with Gasteiger partial charge in [-0.25, -0.2) is 0 Å². The highest BCUT2D eigenvalue weighted by atomic mass is 79.9.